The fourth-order valence-electron chi connectivity index (χ4n) is 11.7. The number of hydrogen-bond donors (Lipinski definition) is 0. The van der Waals surface area contributed by atoms with E-state index < -0.39 is 0 Å². The molecular formula is C32H54O4. The van der Waals surface area contributed by atoms with Crippen molar-refractivity contribution in [2.45, 2.75) is 124 Å². The van der Waals surface area contributed by atoms with Crippen LogP contribution in [0.4, 0.5) is 0 Å². The lowest BCUT2D eigenvalue weighted by molar-refractivity contribution is -0.246. The van der Waals surface area contributed by atoms with Crippen LogP contribution in [0.1, 0.15) is 113 Å². The van der Waals surface area contributed by atoms with Gasteiger partial charge in [-0.1, -0.05) is 54.4 Å². The predicted octanol–water partition coefficient (Wildman–Crippen LogP) is 7.43. The highest BCUT2D eigenvalue weighted by Gasteiger charge is 2.71. The van der Waals surface area contributed by atoms with Crippen LogP contribution in [0.25, 0.3) is 0 Å². The van der Waals surface area contributed by atoms with Crippen molar-refractivity contribution < 1.29 is 19.0 Å². The normalized spacial score (nSPS) is 50.1. The number of rotatable bonds is 6. The van der Waals surface area contributed by atoms with E-state index in [1.807, 2.05) is 0 Å². The average Bonchev–Trinajstić information content (AvgIpc) is 3.54. The molecule has 4 aliphatic carbocycles. The van der Waals surface area contributed by atoms with Gasteiger partial charge in [-0.3, -0.25) is 0 Å². The van der Waals surface area contributed by atoms with E-state index in [9.17, 15) is 4.79 Å². The number of hydrogen-bond acceptors (Lipinski definition) is 4. The number of carbonyl (C=O) groups excluding carboxylic acids is 1. The van der Waals surface area contributed by atoms with E-state index >= 15 is 0 Å². The molecule has 4 nitrogen and oxygen atoms in total. The summed E-state index contributed by atoms with van der Waals surface area (Å²) in [6.45, 7) is 18.4. The van der Waals surface area contributed by atoms with Crippen molar-refractivity contribution in [2.24, 2.45) is 51.2 Å². The largest absolute Gasteiger partial charge is 0.369 e. The lowest BCUT2D eigenvalue weighted by atomic mass is 9.39. The minimum atomic E-state index is -0.371. The molecule has 5 aliphatic rings. The van der Waals surface area contributed by atoms with Gasteiger partial charge in [-0.25, -0.2) is 0 Å². The summed E-state index contributed by atoms with van der Waals surface area (Å²) >= 11 is 0. The van der Waals surface area contributed by atoms with E-state index in [1.165, 1.54) is 57.7 Å². The first-order valence-corrected chi connectivity index (χ1v) is 15.0. The van der Waals surface area contributed by atoms with E-state index in [1.54, 1.807) is 7.11 Å². The SMILES string of the molecule is COCO[C@]1(C)CC[C@H]2C(C)(C)CCC[C@]2(C)[C@H]1C(C=O)C1C2(CCC3C(C)(C)CCCC31C)CO2. The van der Waals surface area contributed by atoms with Gasteiger partial charge in [0, 0.05) is 24.9 Å². The Kier molecular flexibility index (Phi) is 6.62. The lowest BCUT2D eigenvalue weighted by Gasteiger charge is -2.66. The average molecular weight is 503 g/mol. The number of methoxy groups -OCH3 is 1. The molecule has 0 aromatic rings. The molecule has 0 bridgehead atoms. The Morgan fingerprint density at radius 2 is 1.33 bits per heavy atom. The van der Waals surface area contributed by atoms with Crippen LogP contribution in [0.2, 0.25) is 0 Å². The molecule has 0 N–H and O–H groups in total. The van der Waals surface area contributed by atoms with Crippen molar-refractivity contribution in [3.63, 3.8) is 0 Å². The third-order valence-corrected chi connectivity index (χ3v) is 12.9. The van der Waals surface area contributed by atoms with Crippen LogP contribution in [-0.4, -0.2) is 38.0 Å². The van der Waals surface area contributed by atoms with E-state index in [0.717, 1.165) is 19.4 Å². The first-order chi connectivity index (χ1) is 16.8. The third kappa shape index (κ3) is 3.89. The number of fused-ring (bicyclic) bond motifs is 2. The number of epoxide rings is 1. The monoisotopic (exact) mass is 502 g/mol. The zero-order chi connectivity index (χ0) is 26.2. The van der Waals surface area contributed by atoms with Gasteiger partial charge >= 0.3 is 0 Å². The van der Waals surface area contributed by atoms with Crippen molar-refractivity contribution in [1.29, 1.82) is 0 Å². The van der Waals surface area contributed by atoms with Crippen LogP contribution >= 0.6 is 0 Å². The Labute approximate surface area is 221 Å². The molecule has 0 radical (unpaired) electrons. The van der Waals surface area contributed by atoms with Gasteiger partial charge in [0.25, 0.3) is 0 Å². The highest BCUT2D eigenvalue weighted by atomic mass is 16.7. The zero-order valence-electron chi connectivity index (χ0n) is 24.6. The topological polar surface area (TPSA) is 48.1 Å². The summed E-state index contributed by atoms with van der Waals surface area (Å²) in [5.41, 5.74) is 0.316. The molecule has 4 heteroatoms. The summed E-state index contributed by atoms with van der Waals surface area (Å²) in [4.78, 5) is 13.6. The van der Waals surface area contributed by atoms with Crippen molar-refractivity contribution in [3.05, 3.63) is 0 Å². The van der Waals surface area contributed by atoms with Gasteiger partial charge in [-0.2, -0.15) is 0 Å². The number of carbonyl (C=O) groups is 1. The second-order valence-corrected chi connectivity index (χ2v) is 15.8. The van der Waals surface area contributed by atoms with Gasteiger partial charge < -0.3 is 19.0 Å². The molecule has 36 heavy (non-hydrogen) atoms. The first-order valence-electron chi connectivity index (χ1n) is 15.0. The highest BCUT2D eigenvalue weighted by Crippen LogP contribution is 2.71. The van der Waals surface area contributed by atoms with Gasteiger partial charge in [-0.05, 0) is 91.8 Å². The predicted molar refractivity (Wildman–Crippen MR) is 144 cm³/mol. The van der Waals surface area contributed by atoms with E-state index in [0.29, 0.717) is 29.5 Å². The molecule has 9 atom stereocenters. The Bertz CT molecular complexity index is 845. The smallest absolute Gasteiger partial charge is 0.147 e. The summed E-state index contributed by atoms with van der Waals surface area (Å²) in [5.74, 6) is 1.62. The molecule has 5 unspecified atom stereocenters. The van der Waals surface area contributed by atoms with Crippen LogP contribution in [0.5, 0.6) is 0 Å². The van der Waals surface area contributed by atoms with Crippen LogP contribution in [-0.2, 0) is 19.0 Å². The summed E-state index contributed by atoms with van der Waals surface area (Å²) in [7, 11) is 1.72. The van der Waals surface area contributed by atoms with Gasteiger partial charge in [0.05, 0.1) is 17.8 Å². The van der Waals surface area contributed by atoms with Crippen LogP contribution in [0, 0.1) is 51.2 Å². The maximum Gasteiger partial charge on any atom is 0.147 e. The quantitative estimate of drug-likeness (QED) is 0.215. The molecule has 1 aliphatic heterocycles. The van der Waals surface area contributed by atoms with Gasteiger partial charge in [0.1, 0.15) is 13.1 Å². The molecule has 5 fully saturated rings. The van der Waals surface area contributed by atoms with E-state index in [-0.39, 0.29) is 39.8 Å². The molecule has 1 heterocycles. The standard InChI is InChI=1S/C32H54O4/c1-27(2)13-9-15-29(5)23(27)11-17-31(7,36-21-34-8)25(29)22(19-33)26-30(6)16-10-14-28(3,4)24(30)12-18-32(26)20-35-32/h19,22-26H,9-18,20-21H2,1-8H3/t22?,23-,24?,25+,26?,29-,30?,31+,32?/m0/s1. The van der Waals surface area contributed by atoms with Crippen molar-refractivity contribution >= 4 is 6.29 Å². The van der Waals surface area contributed by atoms with Crippen LogP contribution < -0.4 is 0 Å². The summed E-state index contributed by atoms with van der Waals surface area (Å²) < 4.78 is 18.6. The molecule has 206 valence electrons. The van der Waals surface area contributed by atoms with E-state index in [4.69, 9.17) is 14.2 Å². The van der Waals surface area contributed by atoms with Crippen LogP contribution in [0.3, 0.4) is 0 Å². The van der Waals surface area contributed by atoms with Gasteiger partial charge in [0.15, 0.2) is 0 Å². The Morgan fingerprint density at radius 3 is 1.83 bits per heavy atom. The van der Waals surface area contributed by atoms with Crippen molar-refractivity contribution in [1.82, 2.24) is 0 Å². The summed E-state index contributed by atoms with van der Waals surface area (Å²) in [5, 5.41) is 0. The Hall–Kier alpha value is -0.450. The molecule has 1 saturated heterocycles. The lowest BCUT2D eigenvalue weighted by Crippen LogP contribution is -2.65. The summed E-state index contributed by atoms with van der Waals surface area (Å²) in [6, 6.07) is 0. The van der Waals surface area contributed by atoms with Gasteiger partial charge in [0.2, 0.25) is 0 Å². The molecule has 4 saturated carbocycles. The van der Waals surface area contributed by atoms with Crippen molar-refractivity contribution in [3.8, 4) is 0 Å². The molecule has 0 aromatic carbocycles. The maximum atomic E-state index is 13.6. The molecular weight excluding hydrogens is 448 g/mol. The third-order valence-electron chi connectivity index (χ3n) is 12.9. The zero-order valence-corrected chi connectivity index (χ0v) is 24.6. The number of ether oxygens (including phenoxy) is 3. The Morgan fingerprint density at radius 1 is 0.806 bits per heavy atom. The maximum absolute atomic E-state index is 13.6. The second-order valence-electron chi connectivity index (χ2n) is 15.8. The second kappa shape index (κ2) is 8.78. The molecule has 0 aromatic heterocycles. The molecule has 1 spiro atoms. The van der Waals surface area contributed by atoms with Gasteiger partial charge in [-0.15, -0.1) is 0 Å². The van der Waals surface area contributed by atoms with Crippen molar-refractivity contribution in [2.75, 3.05) is 20.5 Å². The first kappa shape index (κ1) is 27.1. The number of aldehydes is 1. The van der Waals surface area contributed by atoms with Crippen LogP contribution in [0.15, 0.2) is 0 Å². The molecule has 5 rings (SSSR count). The minimum absolute atomic E-state index is 0.0576. The summed E-state index contributed by atoms with van der Waals surface area (Å²) in [6.07, 6.45) is 13.4. The fraction of sp³-hybridized carbons (Fsp3) is 0.969. The highest BCUT2D eigenvalue weighted by molar-refractivity contribution is 5.57. The fourth-order valence-corrected chi connectivity index (χ4v) is 11.7. The molecule has 0 amide bonds. The Balaban J connectivity index is 1.64. The minimum Gasteiger partial charge on any atom is -0.369 e. The van der Waals surface area contributed by atoms with E-state index in [2.05, 4.69) is 48.5 Å².